The van der Waals surface area contributed by atoms with Crippen molar-refractivity contribution in [2.45, 2.75) is 174 Å². The molecule has 0 heterocycles. The van der Waals surface area contributed by atoms with Crippen molar-refractivity contribution in [2.75, 3.05) is 26.2 Å². The highest BCUT2D eigenvalue weighted by Gasteiger charge is 2.59. The van der Waals surface area contributed by atoms with Crippen LogP contribution in [0, 0.1) is 51.8 Å². The summed E-state index contributed by atoms with van der Waals surface area (Å²) in [6.07, 6.45) is 20.6. The van der Waals surface area contributed by atoms with Crippen molar-refractivity contribution in [3.63, 3.8) is 0 Å². The minimum Gasteiger partial charge on any atom is -0.446 e. The quantitative estimate of drug-likeness (QED) is 0.0482. The van der Waals surface area contributed by atoms with Crippen LogP contribution in [0.1, 0.15) is 157 Å². The SMILES string of the molecule is CC(C)CCC[C@@H](C)[C@H]1CCC2C3CC=C4CC(OC(=O)NC(N)C(CCCN)(CCCN)C(N)(CCCN)CCCN)CC[C@]4(C)C3CC[C@@]21C. The Labute approximate surface area is 318 Å². The zero-order valence-electron chi connectivity index (χ0n) is 34.2. The largest absolute Gasteiger partial charge is 0.446 e. The Bertz CT molecular complexity index is 1130. The lowest BCUT2D eigenvalue weighted by atomic mass is 9.47. The molecule has 52 heavy (non-hydrogen) atoms. The van der Waals surface area contributed by atoms with Gasteiger partial charge in [0.1, 0.15) is 6.10 Å². The zero-order valence-corrected chi connectivity index (χ0v) is 34.2. The number of nitrogens with one attached hydrogen (secondary N) is 1. The molecule has 4 rings (SSSR count). The molecule has 13 N–H and O–H groups in total. The highest BCUT2D eigenvalue weighted by atomic mass is 16.6. The maximum Gasteiger partial charge on any atom is 0.408 e. The number of hydrogen-bond acceptors (Lipinski definition) is 8. The van der Waals surface area contributed by atoms with E-state index in [-0.39, 0.29) is 11.5 Å². The number of allylic oxidation sites excluding steroid dienone is 1. The van der Waals surface area contributed by atoms with E-state index in [1.807, 2.05) is 0 Å². The van der Waals surface area contributed by atoms with Gasteiger partial charge in [-0.2, -0.15) is 0 Å². The Balaban J connectivity index is 1.44. The summed E-state index contributed by atoms with van der Waals surface area (Å²) in [5, 5.41) is 3.10. The van der Waals surface area contributed by atoms with Crippen molar-refractivity contribution >= 4 is 6.09 Å². The number of hydrogen-bond donors (Lipinski definition) is 7. The van der Waals surface area contributed by atoms with Gasteiger partial charge in [-0.3, -0.25) is 0 Å². The zero-order chi connectivity index (χ0) is 38.2. The van der Waals surface area contributed by atoms with Gasteiger partial charge in [-0.25, -0.2) is 4.79 Å². The van der Waals surface area contributed by atoms with Gasteiger partial charge < -0.3 is 44.5 Å². The molecule has 9 heteroatoms. The highest BCUT2D eigenvalue weighted by molar-refractivity contribution is 5.68. The van der Waals surface area contributed by atoms with E-state index in [9.17, 15) is 4.79 Å². The molecule has 4 aliphatic rings. The van der Waals surface area contributed by atoms with Crippen LogP contribution in [0.5, 0.6) is 0 Å². The maximum atomic E-state index is 13.7. The van der Waals surface area contributed by atoms with Crippen LogP contribution < -0.4 is 39.7 Å². The average Bonchev–Trinajstić information content (AvgIpc) is 3.47. The molecule has 0 aromatic rings. The second-order valence-electron chi connectivity index (χ2n) is 19.1. The van der Waals surface area contributed by atoms with Gasteiger partial charge in [0.05, 0.1) is 6.17 Å². The van der Waals surface area contributed by atoms with Crippen LogP contribution in [0.4, 0.5) is 4.79 Å². The van der Waals surface area contributed by atoms with Gasteiger partial charge in [0.2, 0.25) is 0 Å². The van der Waals surface area contributed by atoms with E-state index < -0.39 is 23.2 Å². The number of amides is 1. The predicted molar refractivity (Wildman–Crippen MR) is 217 cm³/mol. The molecule has 0 saturated heterocycles. The van der Waals surface area contributed by atoms with Crippen LogP contribution in [-0.2, 0) is 4.74 Å². The van der Waals surface area contributed by atoms with Gasteiger partial charge in [0.25, 0.3) is 0 Å². The number of carbonyl (C=O) groups is 1. The topological polar surface area (TPSA) is 194 Å². The molecule has 302 valence electrons. The summed E-state index contributed by atoms with van der Waals surface area (Å²) in [6.45, 7) is 14.6. The molecule has 9 nitrogen and oxygen atoms in total. The summed E-state index contributed by atoms with van der Waals surface area (Å²) in [4.78, 5) is 13.7. The first kappa shape index (κ1) is 43.5. The normalized spacial score (nSPS) is 31.7. The van der Waals surface area contributed by atoms with E-state index in [1.54, 1.807) is 0 Å². The van der Waals surface area contributed by atoms with Crippen molar-refractivity contribution in [3.05, 3.63) is 11.6 Å². The number of alkyl carbamates (subject to hydrolysis) is 1. The van der Waals surface area contributed by atoms with E-state index in [0.717, 1.165) is 80.5 Å². The van der Waals surface area contributed by atoms with E-state index in [0.29, 0.717) is 57.3 Å². The van der Waals surface area contributed by atoms with Crippen LogP contribution in [0.3, 0.4) is 0 Å². The summed E-state index contributed by atoms with van der Waals surface area (Å²) in [6, 6.07) is 0. The van der Waals surface area contributed by atoms with Crippen molar-refractivity contribution in [1.29, 1.82) is 0 Å². The predicted octanol–water partition coefficient (Wildman–Crippen LogP) is 7.05. The maximum absolute atomic E-state index is 13.7. The molecule has 5 unspecified atom stereocenters. The summed E-state index contributed by atoms with van der Waals surface area (Å²) in [7, 11) is 0. The Kier molecular flexibility index (Phi) is 16.0. The lowest BCUT2D eigenvalue weighted by Gasteiger charge is -2.58. The summed E-state index contributed by atoms with van der Waals surface area (Å²) >= 11 is 0. The van der Waals surface area contributed by atoms with Crippen LogP contribution in [0.25, 0.3) is 0 Å². The Morgan fingerprint density at radius 2 is 1.46 bits per heavy atom. The third-order valence-electron chi connectivity index (χ3n) is 15.7. The number of ether oxygens (including phenoxy) is 1. The number of fused-ring (bicyclic) bond motifs is 5. The average molecular weight is 730 g/mol. The van der Waals surface area contributed by atoms with Crippen LogP contribution in [0.15, 0.2) is 11.6 Å². The molecular formula is C43H83N7O2. The van der Waals surface area contributed by atoms with Crippen LogP contribution >= 0.6 is 0 Å². The van der Waals surface area contributed by atoms with Crippen molar-refractivity contribution in [2.24, 2.45) is 86.2 Å². The first-order chi connectivity index (χ1) is 24.7. The lowest BCUT2D eigenvalue weighted by Crippen LogP contribution is -2.68. The highest BCUT2D eigenvalue weighted by Crippen LogP contribution is 2.67. The minimum absolute atomic E-state index is 0.154. The molecule has 0 aromatic heterocycles. The van der Waals surface area contributed by atoms with E-state index in [4.69, 9.17) is 39.1 Å². The second-order valence-corrected chi connectivity index (χ2v) is 19.1. The second kappa shape index (κ2) is 19.1. The molecule has 3 fully saturated rings. The summed E-state index contributed by atoms with van der Waals surface area (Å²) in [5.41, 5.74) is 39.3. The molecule has 0 spiro atoms. The van der Waals surface area contributed by atoms with Crippen molar-refractivity contribution in [1.82, 2.24) is 5.32 Å². The van der Waals surface area contributed by atoms with Gasteiger partial charge in [0, 0.05) is 17.4 Å². The molecule has 1 amide bonds. The standard InChI is InChI=1S/C43H83N7O2/c1-30(2)11-6-12-31(3)35-15-16-36-34-14-13-32-29-33(17-23-40(32,4)37(34)18-24-41(35,36)5)52-39(51)50-38(48)42(19-7-25-44,20-8-26-45)43(49,21-9-27-46)22-10-28-47/h13,30-31,33-38H,6-12,14-29,44-49H2,1-5H3,(H,50,51)/t31-,33?,34?,35-,36?,37?,38?,40+,41-/m1/s1. The smallest absolute Gasteiger partial charge is 0.408 e. The molecule has 0 bridgehead atoms. The lowest BCUT2D eigenvalue weighted by molar-refractivity contribution is -0.0586. The third kappa shape index (κ3) is 9.24. The van der Waals surface area contributed by atoms with E-state index in [1.165, 1.54) is 56.9 Å². The fraction of sp³-hybridized carbons (Fsp3) is 0.930. The molecular weight excluding hydrogens is 647 g/mol. The first-order valence-corrected chi connectivity index (χ1v) is 21.8. The Hall–Kier alpha value is -1.23. The molecule has 3 saturated carbocycles. The molecule has 0 aromatic carbocycles. The van der Waals surface area contributed by atoms with E-state index in [2.05, 4.69) is 46.0 Å². The van der Waals surface area contributed by atoms with Gasteiger partial charge in [-0.1, -0.05) is 65.5 Å². The van der Waals surface area contributed by atoms with Gasteiger partial charge in [-0.15, -0.1) is 0 Å². The molecule has 4 aliphatic carbocycles. The van der Waals surface area contributed by atoms with Crippen molar-refractivity contribution < 1.29 is 9.53 Å². The number of rotatable bonds is 21. The third-order valence-corrected chi connectivity index (χ3v) is 15.7. The van der Waals surface area contributed by atoms with Gasteiger partial charge in [0.15, 0.2) is 0 Å². The van der Waals surface area contributed by atoms with Crippen LogP contribution in [-0.4, -0.2) is 50.1 Å². The minimum atomic E-state index is -0.716. The number of nitrogens with two attached hydrogens (primary N) is 6. The fourth-order valence-corrected chi connectivity index (χ4v) is 12.7. The Morgan fingerprint density at radius 3 is 2.06 bits per heavy atom. The van der Waals surface area contributed by atoms with Gasteiger partial charge >= 0.3 is 6.09 Å². The van der Waals surface area contributed by atoms with E-state index >= 15 is 0 Å². The van der Waals surface area contributed by atoms with Gasteiger partial charge in [-0.05, 0) is 169 Å². The summed E-state index contributed by atoms with van der Waals surface area (Å²) in [5.74, 6) is 4.85. The fourth-order valence-electron chi connectivity index (χ4n) is 12.7. The van der Waals surface area contributed by atoms with Crippen LogP contribution in [0.2, 0.25) is 0 Å². The molecule has 0 aliphatic heterocycles. The number of carbonyl (C=O) groups excluding carboxylic acids is 1. The molecule has 0 radical (unpaired) electrons. The monoisotopic (exact) mass is 730 g/mol. The molecule has 9 atom stereocenters. The summed E-state index contributed by atoms with van der Waals surface area (Å²) < 4.78 is 6.24. The Morgan fingerprint density at radius 1 is 0.846 bits per heavy atom. The van der Waals surface area contributed by atoms with Crippen molar-refractivity contribution in [3.8, 4) is 0 Å². The first-order valence-electron chi connectivity index (χ1n) is 21.8.